The van der Waals surface area contributed by atoms with E-state index in [-0.39, 0.29) is 12.6 Å². The molecular weight excluding hydrogens is 176 g/mol. The van der Waals surface area contributed by atoms with Crippen LogP contribution in [0.4, 0.5) is 0 Å². The molecule has 3 N–H and O–H groups in total. The van der Waals surface area contributed by atoms with E-state index in [1.807, 2.05) is 0 Å². The smallest absolute Gasteiger partial charge is 0.0583 e. The van der Waals surface area contributed by atoms with E-state index in [0.29, 0.717) is 5.41 Å². The standard InChI is InChI=1S/C11H24N2O/c1-11(2)5-3-6-13(9-11)7-4-10(12)8-14/h10,14H,3-9,12H2,1-2H3. The third-order valence-corrected chi connectivity index (χ3v) is 3.03. The number of nitrogens with two attached hydrogens (primary N) is 1. The normalized spacial score (nSPS) is 24.9. The minimum absolute atomic E-state index is 0.0416. The Bertz CT molecular complexity index is 171. The van der Waals surface area contributed by atoms with Crippen LogP contribution >= 0.6 is 0 Å². The Morgan fingerprint density at radius 1 is 1.50 bits per heavy atom. The molecule has 1 unspecified atom stereocenters. The zero-order valence-corrected chi connectivity index (χ0v) is 9.50. The number of aliphatic hydroxyl groups is 1. The molecule has 1 rings (SSSR count). The van der Waals surface area contributed by atoms with E-state index >= 15 is 0 Å². The summed E-state index contributed by atoms with van der Waals surface area (Å²) in [6, 6.07) is -0.0416. The predicted octanol–water partition coefficient (Wildman–Crippen LogP) is 0.818. The van der Waals surface area contributed by atoms with Crippen molar-refractivity contribution < 1.29 is 5.11 Å². The van der Waals surface area contributed by atoms with E-state index in [2.05, 4.69) is 18.7 Å². The van der Waals surface area contributed by atoms with Gasteiger partial charge in [0, 0.05) is 12.6 Å². The number of piperidine rings is 1. The van der Waals surface area contributed by atoms with E-state index in [1.165, 1.54) is 25.9 Å². The molecular formula is C11H24N2O. The SMILES string of the molecule is CC1(C)CCCN(CCC(N)CO)C1. The zero-order valence-electron chi connectivity index (χ0n) is 9.50. The van der Waals surface area contributed by atoms with Crippen LogP contribution in [0.25, 0.3) is 0 Å². The van der Waals surface area contributed by atoms with Gasteiger partial charge in [0.05, 0.1) is 6.61 Å². The van der Waals surface area contributed by atoms with Gasteiger partial charge in [-0.15, -0.1) is 0 Å². The fourth-order valence-electron chi connectivity index (χ4n) is 2.18. The first kappa shape index (κ1) is 12.0. The van der Waals surface area contributed by atoms with Gasteiger partial charge in [0.2, 0.25) is 0 Å². The predicted molar refractivity (Wildman–Crippen MR) is 59.1 cm³/mol. The van der Waals surface area contributed by atoms with Gasteiger partial charge >= 0.3 is 0 Å². The highest BCUT2D eigenvalue weighted by molar-refractivity contribution is 4.80. The van der Waals surface area contributed by atoms with Gasteiger partial charge in [0.1, 0.15) is 0 Å². The molecule has 14 heavy (non-hydrogen) atoms. The van der Waals surface area contributed by atoms with Crippen LogP contribution < -0.4 is 5.73 Å². The Labute approximate surface area is 87.3 Å². The maximum absolute atomic E-state index is 8.82. The van der Waals surface area contributed by atoms with E-state index < -0.39 is 0 Å². The van der Waals surface area contributed by atoms with E-state index in [9.17, 15) is 0 Å². The highest BCUT2D eigenvalue weighted by Gasteiger charge is 2.25. The van der Waals surface area contributed by atoms with E-state index in [4.69, 9.17) is 10.8 Å². The second-order valence-electron chi connectivity index (χ2n) is 5.28. The summed E-state index contributed by atoms with van der Waals surface area (Å²) >= 11 is 0. The van der Waals surface area contributed by atoms with Crippen molar-refractivity contribution in [3.05, 3.63) is 0 Å². The highest BCUT2D eigenvalue weighted by Crippen LogP contribution is 2.28. The van der Waals surface area contributed by atoms with E-state index in [0.717, 1.165) is 13.0 Å². The van der Waals surface area contributed by atoms with Crippen LogP contribution in [-0.4, -0.2) is 42.3 Å². The molecule has 84 valence electrons. The number of hydrogen-bond donors (Lipinski definition) is 2. The van der Waals surface area contributed by atoms with Crippen LogP contribution in [0.5, 0.6) is 0 Å². The van der Waals surface area contributed by atoms with Crippen molar-refractivity contribution in [3.63, 3.8) is 0 Å². The second-order valence-corrected chi connectivity index (χ2v) is 5.28. The molecule has 0 aliphatic carbocycles. The van der Waals surface area contributed by atoms with Crippen molar-refractivity contribution in [2.45, 2.75) is 39.2 Å². The summed E-state index contributed by atoms with van der Waals surface area (Å²) in [5.74, 6) is 0. The zero-order chi connectivity index (χ0) is 10.6. The molecule has 3 heteroatoms. The molecule has 1 saturated heterocycles. The Kier molecular flexibility index (Phi) is 4.35. The molecule has 3 nitrogen and oxygen atoms in total. The fraction of sp³-hybridized carbons (Fsp3) is 1.00. The van der Waals surface area contributed by atoms with Gasteiger partial charge in [-0.05, 0) is 37.8 Å². The lowest BCUT2D eigenvalue weighted by atomic mass is 9.84. The number of nitrogens with zero attached hydrogens (tertiary/aromatic N) is 1. The van der Waals surface area contributed by atoms with Gasteiger partial charge in [-0.25, -0.2) is 0 Å². The maximum Gasteiger partial charge on any atom is 0.0583 e. The van der Waals surface area contributed by atoms with Crippen LogP contribution in [0.2, 0.25) is 0 Å². The molecule has 0 aromatic carbocycles. The molecule has 0 spiro atoms. The van der Waals surface area contributed by atoms with Crippen molar-refractivity contribution in [2.24, 2.45) is 11.1 Å². The third kappa shape index (κ3) is 3.95. The molecule has 0 saturated carbocycles. The molecule has 0 amide bonds. The molecule has 0 aromatic rings. The van der Waals surface area contributed by atoms with Crippen molar-refractivity contribution in [1.29, 1.82) is 0 Å². The Morgan fingerprint density at radius 3 is 2.79 bits per heavy atom. The van der Waals surface area contributed by atoms with Crippen LogP contribution in [0.1, 0.15) is 33.1 Å². The molecule has 1 heterocycles. The highest BCUT2D eigenvalue weighted by atomic mass is 16.3. The second kappa shape index (κ2) is 5.10. The first-order valence-electron chi connectivity index (χ1n) is 5.62. The van der Waals surface area contributed by atoms with Crippen LogP contribution in [0.3, 0.4) is 0 Å². The van der Waals surface area contributed by atoms with Gasteiger partial charge < -0.3 is 15.7 Å². The van der Waals surface area contributed by atoms with Gasteiger partial charge in [-0.1, -0.05) is 13.8 Å². The quantitative estimate of drug-likeness (QED) is 0.706. The number of likely N-dealkylation sites (tertiary alicyclic amines) is 1. The maximum atomic E-state index is 8.82. The average molecular weight is 200 g/mol. The summed E-state index contributed by atoms with van der Waals surface area (Å²) in [7, 11) is 0. The monoisotopic (exact) mass is 200 g/mol. The lowest BCUT2D eigenvalue weighted by molar-refractivity contribution is 0.111. The van der Waals surface area contributed by atoms with Gasteiger partial charge in [0.15, 0.2) is 0 Å². The fourth-order valence-corrected chi connectivity index (χ4v) is 2.18. The summed E-state index contributed by atoms with van der Waals surface area (Å²) in [5, 5.41) is 8.82. The molecule has 0 bridgehead atoms. The summed E-state index contributed by atoms with van der Waals surface area (Å²) in [6.45, 7) is 8.16. The average Bonchev–Trinajstić information content (AvgIpc) is 2.12. The third-order valence-electron chi connectivity index (χ3n) is 3.03. The Morgan fingerprint density at radius 2 is 2.21 bits per heavy atom. The molecule has 1 aliphatic rings. The molecule has 1 fully saturated rings. The minimum Gasteiger partial charge on any atom is -0.395 e. The van der Waals surface area contributed by atoms with Gasteiger partial charge in [-0.3, -0.25) is 0 Å². The lowest BCUT2D eigenvalue weighted by Gasteiger charge is -2.38. The first-order chi connectivity index (χ1) is 6.53. The molecule has 0 radical (unpaired) electrons. The Balaban J connectivity index is 2.24. The first-order valence-corrected chi connectivity index (χ1v) is 5.62. The summed E-state index contributed by atoms with van der Waals surface area (Å²) < 4.78 is 0. The number of hydrogen-bond acceptors (Lipinski definition) is 3. The molecule has 1 aliphatic heterocycles. The van der Waals surface area contributed by atoms with Crippen LogP contribution in [-0.2, 0) is 0 Å². The topological polar surface area (TPSA) is 49.5 Å². The summed E-state index contributed by atoms with van der Waals surface area (Å²) in [4.78, 5) is 2.47. The summed E-state index contributed by atoms with van der Waals surface area (Å²) in [6.07, 6.45) is 3.53. The largest absolute Gasteiger partial charge is 0.395 e. The summed E-state index contributed by atoms with van der Waals surface area (Å²) in [5.41, 5.74) is 6.14. The van der Waals surface area contributed by atoms with Crippen molar-refractivity contribution in [3.8, 4) is 0 Å². The number of aliphatic hydroxyl groups excluding tert-OH is 1. The van der Waals surface area contributed by atoms with Crippen LogP contribution in [0, 0.1) is 5.41 Å². The van der Waals surface area contributed by atoms with Crippen LogP contribution in [0.15, 0.2) is 0 Å². The molecule has 0 aromatic heterocycles. The van der Waals surface area contributed by atoms with E-state index in [1.54, 1.807) is 0 Å². The Hall–Kier alpha value is -0.120. The van der Waals surface area contributed by atoms with Crippen molar-refractivity contribution in [2.75, 3.05) is 26.2 Å². The molecule has 1 atom stereocenters. The lowest BCUT2D eigenvalue weighted by Crippen LogP contribution is -2.42. The minimum atomic E-state index is -0.0416. The van der Waals surface area contributed by atoms with Crippen molar-refractivity contribution >= 4 is 0 Å². The van der Waals surface area contributed by atoms with Gasteiger partial charge in [-0.2, -0.15) is 0 Å². The van der Waals surface area contributed by atoms with Crippen molar-refractivity contribution in [1.82, 2.24) is 4.90 Å². The van der Waals surface area contributed by atoms with Gasteiger partial charge in [0.25, 0.3) is 0 Å². The number of rotatable bonds is 4.